The minimum Gasteiger partial charge on any atom is -0.492 e. The van der Waals surface area contributed by atoms with E-state index in [1.165, 1.54) is 14.2 Å². The number of alkyl halides is 3. The van der Waals surface area contributed by atoms with Crippen LogP contribution in [0.4, 0.5) is 13.2 Å². The van der Waals surface area contributed by atoms with Gasteiger partial charge in [0.15, 0.2) is 5.75 Å². The van der Waals surface area contributed by atoms with Gasteiger partial charge < -0.3 is 14.5 Å². The van der Waals surface area contributed by atoms with E-state index in [2.05, 4.69) is 5.32 Å². The van der Waals surface area contributed by atoms with Crippen LogP contribution in [0.2, 0.25) is 0 Å². The van der Waals surface area contributed by atoms with Gasteiger partial charge in [-0.05, 0) is 19.4 Å². The van der Waals surface area contributed by atoms with E-state index in [0.717, 1.165) is 0 Å². The molecule has 1 amide bonds. The van der Waals surface area contributed by atoms with Crippen molar-refractivity contribution in [1.29, 1.82) is 0 Å². The number of halogens is 3. The molecule has 1 aromatic heterocycles. The highest BCUT2D eigenvalue weighted by atomic mass is 19.4. The molecule has 1 atom stereocenters. The second kappa shape index (κ2) is 6.60. The largest absolute Gasteiger partial charge is 0.492 e. The van der Waals surface area contributed by atoms with Crippen LogP contribution in [0.1, 0.15) is 29.2 Å². The summed E-state index contributed by atoms with van der Waals surface area (Å²) in [5.41, 5.74) is 0. The Morgan fingerprint density at radius 2 is 2.27 bits per heavy atom. The number of hydrogen-bond donors (Lipinski definition) is 1. The third-order valence-electron chi connectivity index (χ3n) is 3.75. The van der Waals surface area contributed by atoms with E-state index < -0.39 is 18.0 Å². The molecule has 2 heterocycles. The van der Waals surface area contributed by atoms with Gasteiger partial charge in [0.25, 0.3) is 5.91 Å². The smallest absolute Gasteiger partial charge is 0.393 e. The van der Waals surface area contributed by atoms with Gasteiger partial charge in [0.05, 0.1) is 19.6 Å². The van der Waals surface area contributed by atoms with Crippen molar-refractivity contribution < 1.29 is 27.1 Å². The normalized spacial score (nSPS) is 20.0. The molecule has 1 N–H and O–H groups in total. The molecule has 5 nitrogen and oxygen atoms in total. The van der Waals surface area contributed by atoms with E-state index in [-0.39, 0.29) is 31.0 Å². The first-order chi connectivity index (χ1) is 10.3. The molecule has 1 aliphatic heterocycles. The van der Waals surface area contributed by atoms with Crippen molar-refractivity contribution in [2.24, 2.45) is 5.92 Å². The van der Waals surface area contributed by atoms with Gasteiger partial charge in [0, 0.05) is 19.7 Å². The summed E-state index contributed by atoms with van der Waals surface area (Å²) in [6, 6.07) is 1.54. The summed E-state index contributed by atoms with van der Waals surface area (Å²) in [5, 5.41) is 2.42. The van der Waals surface area contributed by atoms with E-state index in [9.17, 15) is 18.0 Å². The summed E-state index contributed by atoms with van der Waals surface area (Å²) in [6.45, 7) is 0.743. The van der Waals surface area contributed by atoms with Crippen LogP contribution in [0.5, 0.6) is 5.75 Å². The zero-order chi connectivity index (χ0) is 16.3. The fourth-order valence-electron chi connectivity index (χ4n) is 2.61. The molecule has 0 radical (unpaired) electrons. The lowest BCUT2D eigenvalue weighted by Crippen LogP contribution is -2.41. The molecular formula is C14H19F3N2O3. The Labute approximate surface area is 126 Å². The highest BCUT2D eigenvalue weighted by molar-refractivity contribution is 5.94. The molecule has 22 heavy (non-hydrogen) atoms. The Hall–Kier alpha value is -1.70. The molecule has 1 unspecified atom stereocenters. The molecule has 8 heteroatoms. The van der Waals surface area contributed by atoms with Crippen molar-refractivity contribution in [1.82, 2.24) is 10.2 Å². The van der Waals surface area contributed by atoms with Gasteiger partial charge in [-0.1, -0.05) is 0 Å². The number of nitrogens with zero attached hydrogens (tertiary/aromatic N) is 1. The van der Waals surface area contributed by atoms with E-state index >= 15 is 0 Å². The van der Waals surface area contributed by atoms with Crippen molar-refractivity contribution in [3.63, 3.8) is 0 Å². The number of amides is 1. The number of nitrogens with one attached hydrogen (secondary N) is 1. The first-order valence-electron chi connectivity index (χ1n) is 7.03. The zero-order valence-electron chi connectivity index (χ0n) is 12.5. The first-order valence-corrected chi connectivity index (χ1v) is 7.03. The fraction of sp³-hybridized carbons (Fsp3) is 0.643. The van der Waals surface area contributed by atoms with Crippen LogP contribution < -0.4 is 10.1 Å². The highest BCUT2D eigenvalue weighted by Crippen LogP contribution is 2.34. The number of carbonyl (C=O) groups excluding carboxylic acids is 1. The summed E-state index contributed by atoms with van der Waals surface area (Å²) < 4.78 is 48.9. The van der Waals surface area contributed by atoms with Gasteiger partial charge in [-0.2, -0.15) is 13.2 Å². The van der Waals surface area contributed by atoms with Gasteiger partial charge in [-0.3, -0.25) is 9.69 Å². The average molecular weight is 320 g/mol. The second-order valence-corrected chi connectivity index (χ2v) is 5.31. The van der Waals surface area contributed by atoms with E-state index in [0.29, 0.717) is 18.7 Å². The van der Waals surface area contributed by atoms with Crippen molar-refractivity contribution in [3.05, 3.63) is 17.6 Å². The maximum absolute atomic E-state index is 12.8. The third kappa shape index (κ3) is 3.73. The van der Waals surface area contributed by atoms with E-state index in [1.54, 1.807) is 11.0 Å². The quantitative estimate of drug-likeness (QED) is 0.926. The molecule has 0 aliphatic carbocycles. The topological polar surface area (TPSA) is 54.7 Å². The lowest BCUT2D eigenvalue weighted by Gasteiger charge is -2.33. The predicted molar refractivity (Wildman–Crippen MR) is 72.7 cm³/mol. The van der Waals surface area contributed by atoms with Gasteiger partial charge in [0.2, 0.25) is 5.76 Å². The second-order valence-electron chi connectivity index (χ2n) is 5.31. The van der Waals surface area contributed by atoms with Gasteiger partial charge in [-0.25, -0.2) is 0 Å². The SMILES string of the molecule is CNC(=O)c1oc(CN2CCCC(C(F)(F)F)C2)cc1OC. The van der Waals surface area contributed by atoms with Crippen molar-refractivity contribution in [2.45, 2.75) is 25.6 Å². The van der Waals surface area contributed by atoms with E-state index in [4.69, 9.17) is 9.15 Å². The number of rotatable bonds is 4. The van der Waals surface area contributed by atoms with Crippen LogP contribution in [0.3, 0.4) is 0 Å². The van der Waals surface area contributed by atoms with Crippen molar-refractivity contribution in [2.75, 3.05) is 27.2 Å². The Morgan fingerprint density at radius 1 is 1.55 bits per heavy atom. The van der Waals surface area contributed by atoms with Crippen LogP contribution in [-0.2, 0) is 6.54 Å². The standard InChI is InChI=1S/C14H19F3N2O3/c1-18-13(20)12-11(21-2)6-10(22-12)8-19-5-3-4-9(7-19)14(15,16)17/h6,9H,3-5,7-8H2,1-2H3,(H,18,20). The molecule has 0 bridgehead atoms. The van der Waals surface area contributed by atoms with Crippen LogP contribution >= 0.6 is 0 Å². The van der Waals surface area contributed by atoms with Gasteiger partial charge >= 0.3 is 6.18 Å². The Kier molecular flexibility index (Phi) is 5.00. The first kappa shape index (κ1) is 16.7. The number of carbonyl (C=O) groups is 1. The summed E-state index contributed by atoms with van der Waals surface area (Å²) >= 11 is 0. The minimum atomic E-state index is -4.17. The van der Waals surface area contributed by atoms with Crippen molar-refractivity contribution >= 4 is 5.91 Å². The Balaban J connectivity index is 2.07. The van der Waals surface area contributed by atoms with Crippen LogP contribution in [0, 0.1) is 5.92 Å². The molecule has 1 fully saturated rings. The Bertz CT molecular complexity index is 528. The van der Waals surface area contributed by atoms with Crippen molar-refractivity contribution in [3.8, 4) is 5.75 Å². The lowest BCUT2D eigenvalue weighted by molar-refractivity contribution is -0.187. The number of piperidine rings is 1. The summed E-state index contributed by atoms with van der Waals surface area (Å²) in [5.74, 6) is -1.02. The van der Waals surface area contributed by atoms with Gasteiger partial charge in [-0.15, -0.1) is 0 Å². The molecule has 1 aromatic rings. The average Bonchev–Trinajstić information content (AvgIpc) is 2.88. The fourth-order valence-corrected chi connectivity index (χ4v) is 2.61. The van der Waals surface area contributed by atoms with E-state index in [1.807, 2.05) is 0 Å². The number of likely N-dealkylation sites (tertiary alicyclic amines) is 1. The molecule has 2 rings (SSSR count). The molecule has 0 aromatic carbocycles. The number of furan rings is 1. The lowest BCUT2D eigenvalue weighted by atomic mass is 9.97. The molecule has 0 spiro atoms. The molecule has 1 aliphatic rings. The minimum absolute atomic E-state index is 0.0318. The summed E-state index contributed by atoms with van der Waals surface area (Å²) in [6.07, 6.45) is -3.53. The maximum Gasteiger partial charge on any atom is 0.393 e. The summed E-state index contributed by atoms with van der Waals surface area (Å²) in [4.78, 5) is 13.3. The zero-order valence-corrected chi connectivity index (χ0v) is 12.5. The van der Waals surface area contributed by atoms with Crippen LogP contribution in [0.15, 0.2) is 10.5 Å². The predicted octanol–water partition coefficient (Wildman–Crippen LogP) is 2.42. The van der Waals surface area contributed by atoms with Gasteiger partial charge in [0.1, 0.15) is 5.76 Å². The van der Waals surface area contributed by atoms with Crippen LogP contribution in [-0.4, -0.2) is 44.2 Å². The number of hydrogen-bond acceptors (Lipinski definition) is 4. The number of methoxy groups -OCH3 is 1. The Morgan fingerprint density at radius 3 is 2.86 bits per heavy atom. The molecule has 124 valence electrons. The number of ether oxygens (including phenoxy) is 1. The highest BCUT2D eigenvalue weighted by Gasteiger charge is 2.41. The molecule has 0 saturated carbocycles. The maximum atomic E-state index is 12.8. The summed E-state index contributed by atoms with van der Waals surface area (Å²) in [7, 11) is 2.87. The molecule has 1 saturated heterocycles. The molecular weight excluding hydrogens is 301 g/mol. The third-order valence-corrected chi connectivity index (χ3v) is 3.75. The van der Waals surface area contributed by atoms with Crippen LogP contribution in [0.25, 0.3) is 0 Å². The monoisotopic (exact) mass is 320 g/mol.